The van der Waals surface area contributed by atoms with Crippen LogP contribution >= 0.6 is 0 Å². The Kier molecular flexibility index (Phi) is 6.49. The van der Waals surface area contributed by atoms with E-state index in [0.717, 1.165) is 44.8 Å². The molecule has 0 spiro atoms. The Labute approximate surface area is 199 Å². The third-order valence-corrected chi connectivity index (χ3v) is 8.44. The lowest BCUT2D eigenvalue weighted by Gasteiger charge is -2.39. The van der Waals surface area contributed by atoms with Crippen molar-refractivity contribution in [1.29, 1.82) is 5.26 Å². The van der Waals surface area contributed by atoms with Gasteiger partial charge in [-0.2, -0.15) is 18.4 Å². The molecule has 2 atom stereocenters. The molecule has 0 bridgehead atoms. The van der Waals surface area contributed by atoms with E-state index in [4.69, 9.17) is 5.26 Å². The molecule has 1 amide bonds. The molecule has 5 rings (SSSR count). The van der Waals surface area contributed by atoms with Crippen LogP contribution in [0.25, 0.3) is 0 Å². The van der Waals surface area contributed by atoms with Crippen LogP contribution in [0.3, 0.4) is 0 Å². The zero-order chi connectivity index (χ0) is 23.9. The fraction of sp³-hybridized carbons (Fsp3) is 0.692. The van der Waals surface area contributed by atoms with Crippen molar-refractivity contribution < 1.29 is 18.0 Å². The van der Waals surface area contributed by atoms with E-state index in [-0.39, 0.29) is 29.3 Å². The molecule has 184 valence electrons. The first-order valence-electron chi connectivity index (χ1n) is 12.7. The Morgan fingerprint density at radius 3 is 2.35 bits per heavy atom. The van der Waals surface area contributed by atoms with Crippen molar-refractivity contribution in [2.24, 2.45) is 17.8 Å². The van der Waals surface area contributed by atoms with Gasteiger partial charge in [0.05, 0.1) is 23.1 Å². The average Bonchev–Trinajstić information content (AvgIpc) is 3.29. The Morgan fingerprint density at radius 2 is 1.74 bits per heavy atom. The van der Waals surface area contributed by atoms with Gasteiger partial charge in [0, 0.05) is 30.9 Å². The van der Waals surface area contributed by atoms with E-state index < -0.39 is 11.7 Å². The molecule has 2 unspecified atom stereocenters. The highest BCUT2D eigenvalue weighted by molar-refractivity contribution is 5.81. The van der Waals surface area contributed by atoms with E-state index in [2.05, 4.69) is 10.2 Å². The van der Waals surface area contributed by atoms with Crippen LogP contribution < -0.4 is 10.2 Å². The second-order valence-corrected chi connectivity index (χ2v) is 10.6. The van der Waals surface area contributed by atoms with Crippen molar-refractivity contribution in [3.05, 3.63) is 29.3 Å². The minimum Gasteiger partial charge on any atom is -0.370 e. The third-order valence-electron chi connectivity index (χ3n) is 8.44. The molecule has 34 heavy (non-hydrogen) atoms. The summed E-state index contributed by atoms with van der Waals surface area (Å²) in [7, 11) is 0. The smallest absolute Gasteiger partial charge is 0.370 e. The molecule has 2 heterocycles. The summed E-state index contributed by atoms with van der Waals surface area (Å²) in [5, 5.41) is 12.3. The molecule has 2 saturated heterocycles. The summed E-state index contributed by atoms with van der Waals surface area (Å²) in [4.78, 5) is 17.7. The SMILES string of the molecule is N#Cc1ccc(N2CC(C(=O)NC3CC3)C(C3CCN(C4CCCC4)CC3)C2)cc1C(F)(F)F. The fourth-order valence-electron chi connectivity index (χ4n) is 6.37. The quantitative estimate of drug-likeness (QED) is 0.680. The summed E-state index contributed by atoms with van der Waals surface area (Å²) in [5.74, 6) is 0.374. The second kappa shape index (κ2) is 9.41. The first kappa shape index (κ1) is 23.5. The van der Waals surface area contributed by atoms with Crippen LogP contribution in [0.15, 0.2) is 18.2 Å². The Balaban J connectivity index is 1.33. The van der Waals surface area contributed by atoms with E-state index in [9.17, 15) is 18.0 Å². The largest absolute Gasteiger partial charge is 0.417 e. The highest BCUT2D eigenvalue weighted by Crippen LogP contribution is 2.41. The molecule has 1 N–H and O–H groups in total. The minimum atomic E-state index is -4.59. The summed E-state index contributed by atoms with van der Waals surface area (Å²) < 4.78 is 40.7. The van der Waals surface area contributed by atoms with Gasteiger partial charge in [-0.15, -0.1) is 0 Å². The second-order valence-electron chi connectivity index (χ2n) is 10.6. The molecule has 2 aliphatic carbocycles. The van der Waals surface area contributed by atoms with Crippen LogP contribution in [0.1, 0.15) is 62.5 Å². The van der Waals surface area contributed by atoms with Gasteiger partial charge in [-0.25, -0.2) is 0 Å². The maximum absolute atomic E-state index is 13.6. The number of piperidine rings is 1. The van der Waals surface area contributed by atoms with Crippen molar-refractivity contribution in [2.45, 2.75) is 69.6 Å². The lowest BCUT2D eigenvalue weighted by atomic mass is 9.78. The molecule has 5 nitrogen and oxygen atoms in total. The van der Waals surface area contributed by atoms with E-state index in [1.807, 2.05) is 4.90 Å². The number of amides is 1. The number of rotatable bonds is 5. The first-order chi connectivity index (χ1) is 16.3. The predicted octanol–water partition coefficient (Wildman–Crippen LogP) is 4.56. The van der Waals surface area contributed by atoms with Crippen molar-refractivity contribution in [3.63, 3.8) is 0 Å². The van der Waals surface area contributed by atoms with Gasteiger partial charge in [0.2, 0.25) is 5.91 Å². The number of halogens is 3. The standard InChI is InChI=1S/C26H33F3N4O/c27-26(28,29)24-13-21(8-5-18(24)14-30)33-15-22(23(16-33)25(34)31-19-6-7-19)17-9-11-32(12-10-17)20-3-1-2-4-20/h5,8,13,17,19-20,22-23H,1-4,6-7,9-12,15-16H2,(H,31,34). The number of nitriles is 1. The number of hydrogen-bond donors (Lipinski definition) is 1. The van der Waals surface area contributed by atoms with Crippen molar-refractivity contribution >= 4 is 11.6 Å². The van der Waals surface area contributed by atoms with E-state index in [1.165, 1.54) is 31.7 Å². The molecular weight excluding hydrogens is 441 g/mol. The van der Waals surface area contributed by atoms with E-state index in [1.54, 1.807) is 12.1 Å². The van der Waals surface area contributed by atoms with Gasteiger partial charge >= 0.3 is 6.18 Å². The lowest BCUT2D eigenvalue weighted by Crippen LogP contribution is -2.44. The molecule has 8 heteroatoms. The number of hydrogen-bond acceptors (Lipinski definition) is 4. The number of alkyl halides is 3. The molecule has 1 aromatic rings. The highest BCUT2D eigenvalue weighted by atomic mass is 19.4. The summed E-state index contributed by atoms with van der Waals surface area (Å²) in [6, 6.07) is 6.55. The number of nitrogens with zero attached hydrogens (tertiary/aromatic N) is 3. The summed E-state index contributed by atoms with van der Waals surface area (Å²) in [6.07, 6.45) is 4.73. The van der Waals surface area contributed by atoms with Gasteiger partial charge in [-0.1, -0.05) is 12.8 Å². The fourth-order valence-corrected chi connectivity index (χ4v) is 6.37. The first-order valence-corrected chi connectivity index (χ1v) is 12.7. The van der Waals surface area contributed by atoms with Gasteiger partial charge in [-0.3, -0.25) is 4.79 Å². The third kappa shape index (κ3) is 4.91. The number of likely N-dealkylation sites (tertiary alicyclic amines) is 1. The molecule has 2 saturated carbocycles. The van der Waals surface area contributed by atoms with Gasteiger partial charge in [-0.05, 0) is 81.6 Å². The lowest BCUT2D eigenvalue weighted by molar-refractivity contribution is -0.137. The molecule has 2 aliphatic heterocycles. The molecule has 4 aliphatic rings. The predicted molar refractivity (Wildman–Crippen MR) is 123 cm³/mol. The molecular formula is C26H33F3N4O. The van der Waals surface area contributed by atoms with Crippen molar-refractivity contribution in [3.8, 4) is 6.07 Å². The van der Waals surface area contributed by atoms with Gasteiger partial charge < -0.3 is 15.1 Å². The number of carbonyl (C=O) groups is 1. The molecule has 0 aromatic heterocycles. The zero-order valence-corrected chi connectivity index (χ0v) is 19.5. The number of benzene rings is 1. The summed E-state index contributed by atoms with van der Waals surface area (Å²) in [6.45, 7) is 3.12. The maximum Gasteiger partial charge on any atom is 0.417 e. The van der Waals surface area contributed by atoms with Gasteiger partial charge in [0.25, 0.3) is 0 Å². The molecule has 0 radical (unpaired) electrons. The van der Waals surface area contributed by atoms with Crippen LogP contribution in [0.5, 0.6) is 0 Å². The number of nitrogens with one attached hydrogen (secondary N) is 1. The average molecular weight is 475 g/mol. The zero-order valence-electron chi connectivity index (χ0n) is 19.5. The van der Waals surface area contributed by atoms with Gasteiger partial charge in [0.15, 0.2) is 0 Å². The van der Waals surface area contributed by atoms with E-state index >= 15 is 0 Å². The normalized spacial score (nSPS) is 27.2. The van der Waals surface area contributed by atoms with Crippen LogP contribution in [-0.2, 0) is 11.0 Å². The Hall–Kier alpha value is -2.27. The van der Waals surface area contributed by atoms with E-state index in [0.29, 0.717) is 30.7 Å². The van der Waals surface area contributed by atoms with Crippen LogP contribution in [0, 0.1) is 29.1 Å². The monoisotopic (exact) mass is 474 g/mol. The molecule has 4 fully saturated rings. The molecule has 1 aromatic carbocycles. The summed E-state index contributed by atoms with van der Waals surface area (Å²) >= 11 is 0. The minimum absolute atomic E-state index is 0.0536. The van der Waals surface area contributed by atoms with Crippen LogP contribution in [-0.4, -0.2) is 49.1 Å². The number of carbonyl (C=O) groups excluding carboxylic acids is 1. The van der Waals surface area contributed by atoms with Crippen molar-refractivity contribution in [2.75, 3.05) is 31.1 Å². The van der Waals surface area contributed by atoms with Crippen molar-refractivity contribution in [1.82, 2.24) is 10.2 Å². The Morgan fingerprint density at radius 1 is 1.03 bits per heavy atom. The van der Waals surface area contributed by atoms with Gasteiger partial charge in [0.1, 0.15) is 0 Å². The van der Waals surface area contributed by atoms with Crippen LogP contribution in [0.4, 0.5) is 18.9 Å². The number of anilines is 1. The van der Waals surface area contributed by atoms with Crippen LogP contribution in [0.2, 0.25) is 0 Å². The Bertz CT molecular complexity index is 940. The topological polar surface area (TPSA) is 59.4 Å². The summed E-state index contributed by atoms with van der Waals surface area (Å²) in [5.41, 5.74) is -0.824. The highest BCUT2D eigenvalue weighted by Gasteiger charge is 2.44. The maximum atomic E-state index is 13.6.